The van der Waals surface area contributed by atoms with Gasteiger partial charge in [-0.1, -0.05) is 11.6 Å². The summed E-state index contributed by atoms with van der Waals surface area (Å²) in [5.74, 6) is 0.819. The zero-order chi connectivity index (χ0) is 18.3. The lowest BCUT2D eigenvalue weighted by atomic mass is 10.2. The van der Waals surface area contributed by atoms with Gasteiger partial charge in [-0.05, 0) is 25.7 Å². The second kappa shape index (κ2) is 6.92. The van der Waals surface area contributed by atoms with Gasteiger partial charge >= 0.3 is 6.09 Å². The summed E-state index contributed by atoms with van der Waals surface area (Å²) in [6.07, 6.45) is 4.61. The van der Waals surface area contributed by atoms with Crippen LogP contribution in [0.4, 0.5) is 10.6 Å². The third kappa shape index (κ3) is 3.07. The van der Waals surface area contributed by atoms with Crippen LogP contribution in [0.15, 0.2) is 12.3 Å². The number of amides is 1. The van der Waals surface area contributed by atoms with E-state index in [4.69, 9.17) is 21.4 Å². The number of aromatic nitrogens is 3. The van der Waals surface area contributed by atoms with Crippen LogP contribution in [0.5, 0.6) is 0 Å². The summed E-state index contributed by atoms with van der Waals surface area (Å²) in [5, 5.41) is 15.4. The Hall–Kier alpha value is -2.06. The average Bonchev–Trinajstić information content (AvgIpc) is 3.26. The number of hydrogen-bond donors (Lipinski definition) is 1. The summed E-state index contributed by atoms with van der Waals surface area (Å²) in [6, 6.07) is 1.78. The molecule has 2 aliphatic rings. The van der Waals surface area contributed by atoms with Gasteiger partial charge in [0, 0.05) is 39.0 Å². The van der Waals surface area contributed by atoms with Crippen LogP contribution in [0, 0.1) is 0 Å². The van der Waals surface area contributed by atoms with Crippen molar-refractivity contribution in [2.45, 2.75) is 38.0 Å². The molecule has 2 aliphatic heterocycles. The number of fused-ring (bicyclic) bond motifs is 1. The quantitative estimate of drug-likeness (QED) is 0.825. The lowest BCUT2D eigenvalue weighted by Gasteiger charge is -2.24. The standard InChI is InChI=1S/C17H22ClN5O3/c1-21(17(24)25)11-5-6-22(10-11)16-12-9-19-14(18)8-13(12)23(20-16)15-4-2-3-7-26-15/h8-9,11,15H,2-7,10H2,1H3,(H,24,25). The van der Waals surface area contributed by atoms with E-state index in [2.05, 4.69) is 9.88 Å². The Bertz CT molecular complexity index is 820. The van der Waals surface area contributed by atoms with Gasteiger partial charge in [-0.15, -0.1) is 0 Å². The first-order valence-electron chi connectivity index (χ1n) is 8.90. The molecule has 0 radical (unpaired) electrons. The largest absolute Gasteiger partial charge is 0.465 e. The Morgan fingerprint density at radius 2 is 2.27 bits per heavy atom. The summed E-state index contributed by atoms with van der Waals surface area (Å²) < 4.78 is 7.82. The van der Waals surface area contributed by atoms with Gasteiger partial charge in [-0.3, -0.25) is 0 Å². The van der Waals surface area contributed by atoms with Crippen molar-refractivity contribution in [3.8, 4) is 0 Å². The molecule has 2 unspecified atom stereocenters. The van der Waals surface area contributed by atoms with Crippen LogP contribution < -0.4 is 4.90 Å². The molecular formula is C17H22ClN5O3. The third-order valence-corrected chi connectivity index (χ3v) is 5.49. The predicted molar refractivity (Wildman–Crippen MR) is 97.8 cm³/mol. The molecule has 8 nitrogen and oxygen atoms in total. The Morgan fingerprint density at radius 3 is 3.00 bits per heavy atom. The van der Waals surface area contributed by atoms with Crippen LogP contribution in [-0.2, 0) is 4.74 Å². The number of carbonyl (C=O) groups is 1. The molecule has 1 N–H and O–H groups in total. The second-order valence-electron chi connectivity index (χ2n) is 6.90. The monoisotopic (exact) mass is 379 g/mol. The van der Waals surface area contributed by atoms with Gasteiger partial charge in [0.1, 0.15) is 5.15 Å². The first kappa shape index (κ1) is 17.4. The highest BCUT2D eigenvalue weighted by Crippen LogP contribution is 2.34. The first-order valence-corrected chi connectivity index (χ1v) is 9.28. The fourth-order valence-corrected chi connectivity index (χ4v) is 3.92. The van der Waals surface area contributed by atoms with Crippen molar-refractivity contribution >= 4 is 34.4 Å². The topological polar surface area (TPSA) is 83.7 Å². The highest BCUT2D eigenvalue weighted by atomic mass is 35.5. The summed E-state index contributed by atoms with van der Waals surface area (Å²) in [4.78, 5) is 19.0. The van der Waals surface area contributed by atoms with Gasteiger partial charge in [0.05, 0.1) is 16.9 Å². The molecule has 0 bridgehead atoms. The van der Waals surface area contributed by atoms with E-state index in [1.54, 1.807) is 13.2 Å². The number of ether oxygens (including phenoxy) is 1. The highest BCUT2D eigenvalue weighted by molar-refractivity contribution is 6.30. The van der Waals surface area contributed by atoms with Crippen molar-refractivity contribution in [2.24, 2.45) is 0 Å². The van der Waals surface area contributed by atoms with E-state index >= 15 is 0 Å². The minimum Gasteiger partial charge on any atom is -0.465 e. The molecule has 1 amide bonds. The molecule has 2 aromatic heterocycles. The maximum absolute atomic E-state index is 11.2. The Kier molecular flexibility index (Phi) is 4.62. The van der Waals surface area contributed by atoms with Gasteiger partial charge in [-0.2, -0.15) is 5.10 Å². The van der Waals surface area contributed by atoms with Gasteiger partial charge in [0.15, 0.2) is 12.0 Å². The molecule has 140 valence electrons. The molecule has 0 spiro atoms. The summed E-state index contributed by atoms with van der Waals surface area (Å²) in [7, 11) is 1.62. The van der Waals surface area contributed by atoms with Gasteiger partial charge in [0.2, 0.25) is 0 Å². The molecule has 2 atom stereocenters. The van der Waals surface area contributed by atoms with Crippen LogP contribution in [-0.4, -0.2) is 63.7 Å². The Balaban J connectivity index is 1.68. The Labute approximate surface area is 156 Å². The average molecular weight is 380 g/mol. The zero-order valence-electron chi connectivity index (χ0n) is 14.6. The van der Waals surface area contributed by atoms with E-state index in [0.717, 1.165) is 55.6 Å². The third-order valence-electron chi connectivity index (χ3n) is 5.28. The van der Waals surface area contributed by atoms with Crippen molar-refractivity contribution in [3.05, 3.63) is 17.4 Å². The van der Waals surface area contributed by atoms with Crippen molar-refractivity contribution < 1.29 is 14.6 Å². The van der Waals surface area contributed by atoms with E-state index < -0.39 is 6.09 Å². The lowest BCUT2D eigenvalue weighted by molar-refractivity contribution is -0.0365. The number of halogens is 1. The van der Waals surface area contributed by atoms with Crippen LogP contribution in [0.2, 0.25) is 5.15 Å². The van der Waals surface area contributed by atoms with Crippen molar-refractivity contribution in [2.75, 3.05) is 31.6 Å². The van der Waals surface area contributed by atoms with E-state index in [1.807, 2.05) is 10.7 Å². The molecule has 4 rings (SSSR count). The van der Waals surface area contributed by atoms with E-state index in [-0.39, 0.29) is 12.3 Å². The number of anilines is 1. The van der Waals surface area contributed by atoms with Crippen LogP contribution >= 0.6 is 11.6 Å². The van der Waals surface area contributed by atoms with Crippen molar-refractivity contribution in [1.29, 1.82) is 0 Å². The fraction of sp³-hybridized carbons (Fsp3) is 0.588. The number of rotatable bonds is 3. The molecule has 0 aromatic carbocycles. The maximum Gasteiger partial charge on any atom is 0.407 e. The van der Waals surface area contributed by atoms with Gasteiger partial charge < -0.3 is 19.6 Å². The smallest absolute Gasteiger partial charge is 0.407 e. The van der Waals surface area contributed by atoms with Gasteiger partial charge in [-0.25, -0.2) is 14.5 Å². The number of carboxylic acid groups (broad SMARTS) is 1. The molecule has 0 aliphatic carbocycles. The molecular weight excluding hydrogens is 358 g/mol. The number of pyridine rings is 1. The Morgan fingerprint density at radius 1 is 1.42 bits per heavy atom. The number of likely N-dealkylation sites (N-methyl/N-ethyl adjacent to an activating group) is 1. The van der Waals surface area contributed by atoms with Gasteiger partial charge in [0.25, 0.3) is 0 Å². The summed E-state index contributed by atoms with van der Waals surface area (Å²) in [6.45, 7) is 2.10. The van der Waals surface area contributed by atoms with E-state index in [9.17, 15) is 9.90 Å². The lowest BCUT2D eigenvalue weighted by Crippen LogP contribution is -2.38. The molecule has 4 heterocycles. The highest BCUT2D eigenvalue weighted by Gasteiger charge is 2.32. The zero-order valence-corrected chi connectivity index (χ0v) is 15.4. The van der Waals surface area contributed by atoms with Crippen LogP contribution in [0.25, 0.3) is 10.9 Å². The van der Waals surface area contributed by atoms with E-state index in [1.165, 1.54) is 4.90 Å². The molecule has 26 heavy (non-hydrogen) atoms. The summed E-state index contributed by atoms with van der Waals surface area (Å²) >= 11 is 6.12. The van der Waals surface area contributed by atoms with Crippen LogP contribution in [0.3, 0.4) is 0 Å². The van der Waals surface area contributed by atoms with E-state index in [0.29, 0.717) is 11.7 Å². The minimum absolute atomic E-state index is 0.0427. The van der Waals surface area contributed by atoms with Crippen molar-refractivity contribution in [3.63, 3.8) is 0 Å². The second-order valence-corrected chi connectivity index (χ2v) is 7.28. The first-order chi connectivity index (χ1) is 12.5. The molecule has 2 fully saturated rings. The molecule has 2 saturated heterocycles. The number of hydrogen-bond acceptors (Lipinski definition) is 5. The van der Waals surface area contributed by atoms with Crippen molar-refractivity contribution in [1.82, 2.24) is 19.7 Å². The molecule has 0 saturated carbocycles. The minimum atomic E-state index is -0.906. The SMILES string of the molecule is CN(C(=O)O)C1CCN(c2nn(C3CCCCO3)c3cc(Cl)ncc23)C1. The normalized spacial score (nSPS) is 23.5. The van der Waals surface area contributed by atoms with Crippen LogP contribution in [0.1, 0.15) is 31.9 Å². The maximum atomic E-state index is 11.2. The predicted octanol–water partition coefficient (Wildman–Crippen LogP) is 2.97. The molecule has 9 heteroatoms. The summed E-state index contributed by atoms with van der Waals surface area (Å²) in [5.41, 5.74) is 0.905. The number of nitrogens with zero attached hydrogens (tertiary/aromatic N) is 5. The fourth-order valence-electron chi connectivity index (χ4n) is 3.77. The molecule has 2 aromatic rings.